The van der Waals surface area contributed by atoms with Crippen molar-refractivity contribution in [3.05, 3.63) is 12.2 Å². The number of likely N-dealkylation sites (N-methyl/N-ethyl adjacent to an activating group) is 1. The number of hydrogen-bond donors (Lipinski definition) is 0. The summed E-state index contributed by atoms with van der Waals surface area (Å²) < 4.78 is 11.2. The van der Waals surface area contributed by atoms with Crippen molar-refractivity contribution in [2.75, 3.05) is 53.0 Å². The molecule has 8 heteroatoms. The highest BCUT2D eigenvalue weighted by atomic mass is 16.5. The summed E-state index contributed by atoms with van der Waals surface area (Å²) in [6.07, 6.45) is 3.47. The normalized spacial score (nSPS) is 35.6. The summed E-state index contributed by atoms with van der Waals surface area (Å²) in [4.78, 5) is 43.4. The molecular formula is C18H25N3O5. The van der Waals surface area contributed by atoms with Gasteiger partial charge in [0.25, 0.3) is 0 Å². The first-order valence-electron chi connectivity index (χ1n) is 9.22. The maximum absolute atomic E-state index is 13.2. The predicted octanol–water partition coefficient (Wildman–Crippen LogP) is -0.894. The Bertz CT molecular complexity index is 665. The fourth-order valence-corrected chi connectivity index (χ4v) is 4.69. The molecule has 0 radical (unpaired) electrons. The molecule has 0 saturated carbocycles. The van der Waals surface area contributed by atoms with Gasteiger partial charge in [0.2, 0.25) is 17.7 Å². The third-order valence-electron chi connectivity index (χ3n) is 6.04. The molecule has 3 amide bonds. The van der Waals surface area contributed by atoms with Crippen LogP contribution in [-0.4, -0.2) is 97.1 Å². The van der Waals surface area contributed by atoms with E-state index < -0.39 is 17.4 Å². The van der Waals surface area contributed by atoms with Crippen LogP contribution in [0, 0.1) is 11.8 Å². The summed E-state index contributed by atoms with van der Waals surface area (Å²) in [7, 11) is 1.60. The molecule has 142 valence electrons. The van der Waals surface area contributed by atoms with E-state index in [9.17, 15) is 14.4 Å². The Kier molecular flexibility index (Phi) is 4.27. The zero-order chi connectivity index (χ0) is 18.5. The van der Waals surface area contributed by atoms with Crippen molar-refractivity contribution in [3.63, 3.8) is 0 Å². The largest absolute Gasteiger partial charge is 0.383 e. The SMILES string of the molecule is CCN1CCN(C(=O)C2C3C(=O)N(CCOC)C[C@]34C=C[C@H]2O4)CC1=O. The highest BCUT2D eigenvalue weighted by Crippen LogP contribution is 2.52. The topological polar surface area (TPSA) is 79.4 Å². The van der Waals surface area contributed by atoms with Crippen LogP contribution in [0.25, 0.3) is 0 Å². The maximum atomic E-state index is 13.2. The number of methoxy groups -OCH3 is 1. The van der Waals surface area contributed by atoms with E-state index in [2.05, 4.69) is 0 Å². The lowest BCUT2D eigenvalue weighted by Gasteiger charge is -2.36. The number of amides is 3. The first-order chi connectivity index (χ1) is 12.5. The van der Waals surface area contributed by atoms with Crippen molar-refractivity contribution in [2.24, 2.45) is 11.8 Å². The van der Waals surface area contributed by atoms with Crippen LogP contribution < -0.4 is 0 Å². The highest BCUT2D eigenvalue weighted by molar-refractivity contribution is 5.94. The van der Waals surface area contributed by atoms with Gasteiger partial charge in [0, 0.05) is 33.3 Å². The summed E-state index contributed by atoms with van der Waals surface area (Å²) in [5.41, 5.74) is -0.703. The number of nitrogens with zero attached hydrogens (tertiary/aromatic N) is 3. The zero-order valence-electron chi connectivity index (χ0n) is 15.2. The molecule has 0 N–H and O–H groups in total. The lowest BCUT2D eigenvalue weighted by molar-refractivity contribution is -0.150. The van der Waals surface area contributed by atoms with Gasteiger partial charge in [-0.15, -0.1) is 0 Å². The molecule has 4 aliphatic rings. The molecule has 0 aromatic heterocycles. The van der Waals surface area contributed by atoms with E-state index in [1.807, 2.05) is 19.1 Å². The second-order valence-electron chi connectivity index (χ2n) is 7.39. The first-order valence-corrected chi connectivity index (χ1v) is 9.22. The van der Waals surface area contributed by atoms with E-state index in [0.29, 0.717) is 39.3 Å². The maximum Gasteiger partial charge on any atom is 0.242 e. The summed E-state index contributed by atoms with van der Waals surface area (Å²) >= 11 is 0. The molecule has 8 nitrogen and oxygen atoms in total. The molecule has 2 bridgehead atoms. The Balaban J connectivity index is 1.53. The molecule has 0 aromatic carbocycles. The molecule has 4 rings (SSSR count). The van der Waals surface area contributed by atoms with E-state index >= 15 is 0 Å². The van der Waals surface area contributed by atoms with Gasteiger partial charge >= 0.3 is 0 Å². The van der Waals surface area contributed by atoms with Crippen LogP contribution in [0.3, 0.4) is 0 Å². The molecule has 2 unspecified atom stereocenters. The van der Waals surface area contributed by atoms with Crippen LogP contribution in [0.2, 0.25) is 0 Å². The summed E-state index contributed by atoms with van der Waals surface area (Å²) in [6, 6.07) is 0. The average molecular weight is 363 g/mol. The van der Waals surface area contributed by atoms with Crippen molar-refractivity contribution < 1.29 is 23.9 Å². The fraction of sp³-hybridized carbons (Fsp3) is 0.722. The van der Waals surface area contributed by atoms with Gasteiger partial charge in [0.1, 0.15) is 5.60 Å². The molecule has 4 heterocycles. The van der Waals surface area contributed by atoms with Gasteiger partial charge in [-0.05, 0) is 6.92 Å². The predicted molar refractivity (Wildman–Crippen MR) is 91.0 cm³/mol. The Morgan fingerprint density at radius 1 is 1.35 bits per heavy atom. The van der Waals surface area contributed by atoms with Crippen molar-refractivity contribution in [1.29, 1.82) is 0 Å². The standard InChI is InChI=1S/C18H25N3O5/c1-3-19-6-7-20(10-13(19)22)16(23)14-12-4-5-18(26-12)11-21(8-9-25-2)17(24)15(14)18/h4-5,12,14-15H,3,6-11H2,1-2H3/t12-,14?,15?,18-/m1/s1. The Labute approximate surface area is 152 Å². The van der Waals surface area contributed by atoms with Gasteiger partial charge in [-0.2, -0.15) is 0 Å². The van der Waals surface area contributed by atoms with E-state index in [1.165, 1.54) is 0 Å². The molecule has 4 aliphatic heterocycles. The monoisotopic (exact) mass is 363 g/mol. The van der Waals surface area contributed by atoms with Crippen LogP contribution in [0.5, 0.6) is 0 Å². The Morgan fingerprint density at radius 3 is 2.85 bits per heavy atom. The van der Waals surface area contributed by atoms with E-state index in [1.54, 1.807) is 21.8 Å². The summed E-state index contributed by atoms with van der Waals surface area (Å²) in [5.74, 6) is -1.27. The number of carbonyl (C=O) groups is 3. The van der Waals surface area contributed by atoms with Crippen LogP contribution in [0.15, 0.2) is 12.2 Å². The molecule has 3 saturated heterocycles. The lowest BCUT2D eigenvalue weighted by Crippen LogP contribution is -2.55. The summed E-state index contributed by atoms with van der Waals surface area (Å²) in [6.45, 7) is 5.11. The van der Waals surface area contributed by atoms with Gasteiger partial charge in [-0.1, -0.05) is 12.2 Å². The summed E-state index contributed by atoms with van der Waals surface area (Å²) in [5, 5.41) is 0. The third kappa shape index (κ3) is 2.46. The zero-order valence-corrected chi connectivity index (χ0v) is 15.2. The number of ether oxygens (including phenoxy) is 2. The molecule has 3 fully saturated rings. The minimum absolute atomic E-state index is 0.0408. The molecule has 0 aromatic rings. The van der Waals surface area contributed by atoms with Crippen LogP contribution in [0.1, 0.15) is 6.92 Å². The smallest absolute Gasteiger partial charge is 0.242 e. The average Bonchev–Trinajstić information content (AvgIpc) is 3.27. The van der Waals surface area contributed by atoms with Gasteiger partial charge < -0.3 is 24.2 Å². The number of rotatable bonds is 5. The number of hydrogen-bond acceptors (Lipinski definition) is 5. The van der Waals surface area contributed by atoms with E-state index in [4.69, 9.17) is 9.47 Å². The number of carbonyl (C=O) groups excluding carboxylic acids is 3. The number of piperazine rings is 1. The molecular weight excluding hydrogens is 338 g/mol. The highest BCUT2D eigenvalue weighted by Gasteiger charge is 2.67. The van der Waals surface area contributed by atoms with Crippen molar-refractivity contribution in [1.82, 2.24) is 14.7 Å². The number of fused-ring (bicyclic) bond motifs is 1. The van der Waals surface area contributed by atoms with E-state index in [0.717, 1.165) is 0 Å². The van der Waals surface area contributed by atoms with Crippen LogP contribution in [-0.2, 0) is 23.9 Å². The van der Waals surface area contributed by atoms with Crippen LogP contribution in [0.4, 0.5) is 0 Å². The minimum atomic E-state index is -0.703. The van der Waals surface area contributed by atoms with Crippen molar-refractivity contribution >= 4 is 17.7 Å². The van der Waals surface area contributed by atoms with Gasteiger partial charge in [-0.3, -0.25) is 14.4 Å². The first kappa shape index (κ1) is 17.5. The second-order valence-corrected chi connectivity index (χ2v) is 7.39. The van der Waals surface area contributed by atoms with Gasteiger partial charge in [0.15, 0.2) is 0 Å². The Hall–Kier alpha value is -1.93. The minimum Gasteiger partial charge on any atom is -0.383 e. The molecule has 0 aliphatic carbocycles. The van der Waals surface area contributed by atoms with Crippen molar-refractivity contribution in [3.8, 4) is 0 Å². The molecule has 1 spiro atoms. The molecule has 4 atom stereocenters. The Morgan fingerprint density at radius 2 is 2.15 bits per heavy atom. The molecule has 26 heavy (non-hydrogen) atoms. The lowest BCUT2D eigenvalue weighted by atomic mass is 9.76. The quantitative estimate of drug-likeness (QED) is 0.592. The van der Waals surface area contributed by atoms with Crippen molar-refractivity contribution in [2.45, 2.75) is 18.6 Å². The van der Waals surface area contributed by atoms with E-state index in [-0.39, 0.29) is 30.4 Å². The van der Waals surface area contributed by atoms with Gasteiger partial charge in [0.05, 0.1) is 37.6 Å². The van der Waals surface area contributed by atoms with Crippen LogP contribution >= 0.6 is 0 Å². The second kappa shape index (κ2) is 6.35. The third-order valence-corrected chi connectivity index (χ3v) is 6.04. The number of likely N-dealkylation sites (tertiary alicyclic amines) is 1. The fourth-order valence-electron chi connectivity index (χ4n) is 4.69. The van der Waals surface area contributed by atoms with Gasteiger partial charge in [-0.25, -0.2) is 0 Å².